The van der Waals surface area contributed by atoms with Crippen molar-refractivity contribution in [1.29, 1.82) is 0 Å². The van der Waals surface area contributed by atoms with E-state index in [1.807, 2.05) is 25.1 Å². The Balaban J connectivity index is 2.09. The van der Waals surface area contributed by atoms with Crippen molar-refractivity contribution in [1.82, 2.24) is 0 Å². The highest BCUT2D eigenvalue weighted by atomic mass is 79.9. The Kier molecular flexibility index (Phi) is 3.87. The summed E-state index contributed by atoms with van der Waals surface area (Å²) in [6.45, 7) is 2.28. The van der Waals surface area contributed by atoms with E-state index < -0.39 is 5.82 Å². The Hall–Kier alpha value is -1.55. The Labute approximate surface area is 114 Å². The molecule has 2 N–H and O–H groups in total. The largest absolute Gasteiger partial charge is 0.489 e. The molecule has 0 heterocycles. The predicted molar refractivity (Wildman–Crippen MR) is 74.0 cm³/mol. The van der Waals surface area contributed by atoms with E-state index in [1.165, 1.54) is 6.07 Å². The first-order chi connectivity index (χ1) is 8.56. The van der Waals surface area contributed by atoms with E-state index in [1.54, 1.807) is 12.1 Å². The van der Waals surface area contributed by atoms with Gasteiger partial charge in [0, 0.05) is 4.47 Å². The molecule has 18 heavy (non-hydrogen) atoms. The lowest BCUT2D eigenvalue weighted by Crippen LogP contribution is -1.99. The smallest absolute Gasteiger partial charge is 0.146 e. The molecule has 2 rings (SSSR count). The molecule has 0 aliphatic rings. The molecule has 2 nitrogen and oxygen atoms in total. The van der Waals surface area contributed by atoms with Crippen LogP contribution in [-0.4, -0.2) is 0 Å². The van der Waals surface area contributed by atoms with Crippen molar-refractivity contribution in [3.8, 4) is 5.75 Å². The molecule has 2 aromatic carbocycles. The van der Waals surface area contributed by atoms with Gasteiger partial charge < -0.3 is 10.5 Å². The zero-order valence-corrected chi connectivity index (χ0v) is 11.5. The van der Waals surface area contributed by atoms with Crippen LogP contribution in [0.25, 0.3) is 0 Å². The normalized spacial score (nSPS) is 10.4. The number of rotatable bonds is 3. The van der Waals surface area contributed by atoms with Gasteiger partial charge in [-0.1, -0.05) is 22.0 Å². The molecule has 0 aliphatic heterocycles. The number of anilines is 1. The Bertz CT molecular complexity index is 572. The van der Waals surface area contributed by atoms with E-state index in [2.05, 4.69) is 15.9 Å². The van der Waals surface area contributed by atoms with Crippen molar-refractivity contribution in [2.75, 3.05) is 5.73 Å². The summed E-state index contributed by atoms with van der Waals surface area (Å²) >= 11 is 3.39. The van der Waals surface area contributed by atoms with Crippen molar-refractivity contribution < 1.29 is 9.13 Å². The number of nitrogen functional groups attached to an aromatic ring is 1. The lowest BCUT2D eigenvalue weighted by atomic mass is 10.2. The van der Waals surface area contributed by atoms with Gasteiger partial charge in [-0.2, -0.15) is 0 Å². The fourth-order valence-corrected chi connectivity index (χ4v) is 2.07. The topological polar surface area (TPSA) is 35.2 Å². The van der Waals surface area contributed by atoms with E-state index >= 15 is 0 Å². The summed E-state index contributed by atoms with van der Waals surface area (Å²) in [5.41, 5.74) is 7.35. The molecular formula is C14H13BrFNO. The van der Waals surface area contributed by atoms with Gasteiger partial charge >= 0.3 is 0 Å². The molecule has 4 heteroatoms. The van der Waals surface area contributed by atoms with Crippen LogP contribution in [-0.2, 0) is 6.61 Å². The van der Waals surface area contributed by atoms with Crippen LogP contribution >= 0.6 is 15.9 Å². The Morgan fingerprint density at radius 3 is 2.67 bits per heavy atom. The molecule has 0 fully saturated rings. The standard InChI is InChI=1S/C14H13BrFNO/c1-9-6-11(15)3-5-14(9)18-8-10-2-4-13(17)12(16)7-10/h2-7H,8,17H2,1H3. The molecule has 94 valence electrons. The second kappa shape index (κ2) is 5.40. The zero-order chi connectivity index (χ0) is 13.1. The van der Waals surface area contributed by atoms with E-state index in [-0.39, 0.29) is 5.69 Å². The van der Waals surface area contributed by atoms with E-state index in [4.69, 9.17) is 10.5 Å². The lowest BCUT2D eigenvalue weighted by molar-refractivity contribution is 0.303. The molecule has 0 aromatic heterocycles. The first-order valence-corrected chi connectivity index (χ1v) is 6.28. The van der Waals surface area contributed by atoms with E-state index in [0.717, 1.165) is 21.3 Å². The first-order valence-electron chi connectivity index (χ1n) is 5.49. The fraction of sp³-hybridized carbons (Fsp3) is 0.143. The maximum Gasteiger partial charge on any atom is 0.146 e. The highest BCUT2D eigenvalue weighted by Crippen LogP contribution is 2.23. The lowest BCUT2D eigenvalue weighted by Gasteiger charge is -2.10. The monoisotopic (exact) mass is 309 g/mol. The molecule has 0 radical (unpaired) electrons. The van der Waals surface area contributed by atoms with Crippen LogP contribution in [0.1, 0.15) is 11.1 Å². The minimum Gasteiger partial charge on any atom is -0.489 e. The fourth-order valence-electron chi connectivity index (χ4n) is 1.60. The summed E-state index contributed by atoms with van der Waals surface area (Å²) in [6.07, 6.45) is 0. The number of ether oxygens (including phenoxy) is 1. The van der Waals surface area contributed by atoms with Gasteiger partial charge in [-0.15, -0.1) is 0 Å². The minimum atomic E-state index is -0.413. The summed E-state index contributed by atoms with van der Waals surface area (Å²) in [4.78, 5) is 0. The highest BCUT2D eigenvalue weighted by Gasteiger charge is 2.03. The maximum atomic E-state index is 13.3. The van der Waals surface area contributed by atoms with Crippen LogP contribution in [0.3, 0.4) is 0 Å². The van der Waals surface area contributed by atoms with Gasteiger partial charge in [-0.3, -0.25) is 0 Å². The molecule has 0 bridgehead atoms. The van der Waals surface area contributed by atoms with Crippen molar-refractivity contribution in [3.63, 3.8) is 0 Å². The number of halogens is 2. The van der Waals surface area contributed by atoms with Gasteiger partial charge in [0.15, 0.2) is 0 Å². The van der Waals surface area contributed by atoms with Crippen LogP contribution < -0.4 is 10.5 Å². The number of hydrogen-bond acceptors (Lipinski definition) is 2. The van der Waals surface area contributed by atoms with E-state index in [9.17, 15) is 4.39 Å². The quantitative estimate of drug-likeness (QED) is 0.868. The van der Waals surface area contributed by atoms with Crippen molar-refractivity contribution >= 4 is 21.6 Å². The summed E-state index contributed by atoms with van der Waals surface area (Å²) in [6, 6.07) is 10.5. The predicted octanol–water partition coefficient (Wildman–Crippen LogP) is 4.06. The van der Waals surface area contributed by atoms with Gasteiger partial charge in [0.1, 0.15) is 18.2 Å². The van der Waals surface area contributed by atoms with Crippen molar-refractivity contribution in [3.05, 3.63) is 57.8 Å². The minimum absolute atomic E-state index is 0.151. The van der Waals surface area contributed by atoms with Gasteiger partial charge in [0.2, 0.25) is 0 Å². The molecule has 0 spiro atoms. The molecule has 0 aliphatic carbocycles. The summed E-state index contributed by atoms with van der Waals surface area (Å²) in [7, 11) is 0. The Morgan fingerprint density at radius 1 is 1.22 bits per heavy atom. The SMILES string of the molecule is Cc1cc(Br)ccc1OCc1ccc(N)c(F)c1. The van der Waals surface area contributed by atoms with Gasteiger partial charge in [-0.25, -0.2) is 4.39 Å². The van der Waals surface area contributed by atoms with E-state index in [0.29, 0.717) is 6.61 Å². The molecule has 0 saturated carbocycles. The third kappa shape index (κ3) is 3.01. The summed E-state index contributed by atoms with van der Waals surface area (Å²) in [5.74, 6) is 0.374. The summed E-state index contributed by atoms with van der Waals surface area (Å²) < 4.78 is 19.9. The average Bonchev–Trinajstić information content (AvgIpc) is 2.32. The van der Waals surface area contributed by atoms with Crippen LogP contribution in [0.4, 0.5) is 10.1 Å². The average molecular weight is 310 g/mol. The second-order valence-electron chi connectivity index (χ2n) is 4.05. The van der Waals surface area contributed by atoms with Crippen LogP contribution in [0.5, 0.6) is 5.75 Å². The van der Waals surface area contributed by atoms with Crippen LogP contribution in [0, 0.1) is 12.7 Å². The zero-order valence-electron chi connectivity index (χ0n) is 9.91. The van der Waals surface area contributed by atoms with Gasteiger partial charge in [0.25, 0.3) is 0 Å². The number of aryl methyl sites for hydroxylation is 1. The third-order valence-electron chi connectivity index (χ3n) is 2.60. The highest BCUT2D eigenvalue weighted by molar-refractivity contribution is 9.10. The Morgan fingerprint density at radius 2 is 2.00 bits per heavy atom. The summed E-state index contributed by atoms with van der Waals surface area (Å²) in [5, 5.41) is 0. The molecule has 2 aromatic rings. The molecular weight excluding hydrogens is 297 g/mol. The first kappa shape index (κ1) is 12.9. The number of benzene rings is 2. The van der Waals surface area contributed by atoms with Gasteiger partial charge in [0.05, 0.1) is 5.69 Å². The van der Waals surface area contributed by atoms with Crippen LogP contribution in [0.2, 0.25) is 0 Å². The molecule has 0 saturated heterocycles. The van der Waals surface area contributed by atoms with Crippen molar-refractivity contribution in [2.24, 2.45) is 0 Å². The van der Waals surface area contributed by atoms with Crippen molar-refractivity contribution in [2.45, 2.75) is 13.5 Å². The molecule has 0 amide bonds. The van der Waals surface area contributed by atoms with Crippen LogP contribution in [0.15, 0.2) is 40.9 Å². The molecule has 0 atom stereocenters. The maximum absolute atomic E-state index is 13.3. The molecule has 0 unspecified atom stereocenters. The number of hydrogen-bond donors (Lipinski definition) is 1. The number of nitrogens with two attached hydrogens (primary N) is 1. The van der Waals surface area contributed by atoms with Gasteiger partial charge in [-0.05, 0) is 48.4 Å². The third-order valence-corrected chi connectivity index (χ3v) is 3.09. The second-order valence-corrected chi connectivity index (χ2v) is 4.97.